The summed E-state index contributed by atoms with van der Waals surface area (Å²) in [6.07, 6.45) is 4.69. The van der Waals surface area contributed by atoms with Gasteiger partial charge in [0.2, 0.25) is 5.95 Å². The van der Waals surface area contributed by atoms with Crippen LogP contribution in [0.15, 0.2) is 47.9 Å². The van der Waals surface area contributed by atoms with Crippen molar-refractivity contribution in [3.8, 4) is 11.1 Å². The van der Waals surface area contributed by atoms with Crippen molar-refractivity contribution < 1.29 is 9.23 Å². The van der Waals surface area contributed by atoms with Crippen molar-refractivity contribution in [3.05, 3.63) is 71.1 Å². The molecule has 1 atom stereocenters. The topological polar surface area (TPSA) is 86.3 Å². The summed E-state index contributed by atoms with van der Waals surface area (Å²) >= 11 is 0. The molecule has 0 spiro atoms. The van der Waals surface area contributed by atoms with E-state index in [1.807, 2.05) is 39.0 Å². The molecule has 6 nitrogen and oxygen atoms in total. The van der Waals surface area contributed by atoms with Gasteiger partial charge in [-0.25, -0.2) is 14.4 Å². The highest BCUT2D eigenvalue weighted by atomic mass is 19.1. The zero-order chi connectivity index (χ0) is 21.3. The molecule has 154 valence electrons. The summed E-state index contributed by atoms with van der Waals surface area (Å²) in [7, 11) is 0. The zero-order valence-corrected chi connectivity index (χ0v) is 17.3. The smallest absolute Gasteiger partial charge is 0.220 e. The van der Waals surface area contributed by atoms with Crippen LogP contribution in [-0.2, 0) is 11.3 Å². The summed E-state index contributed by atoms with van der Waals surface area (Å²) in [5.41, 5.74) is 11.9. The Hall–Kier alpha value is -3.35. The van der Waals surface area contributed by atoms with E-state index < -0.39 is 0 Å². The minimum atomic E-state index is -0.284. The number of aryl methyl sites for hydroxylation is 1. The molecule has 2 heterocycles. The zero-order valence-electron chi connectivity index (χ0n) is 17.3. The molecule has 0 aliphatic heterocycles. The summed E-state index contributed by atoms with van der Waals surface area (Å²) < 4.78 is 14.1. The molecule has 1 aromatic carbocycles. The number of nitrogen functional groups attached to an aromatic ring is 1. The third-order valence-corrected chi connectivity index (χ3v) is 5.15. The van der Waals surface area contributed by atoms with Crippen LogP contribution in [0, 0.1) is 12.7 Å². The van der Waals surface area contributed by atoms with Crippen LogP contribution >= 0.6 is 0 Å². The normalized spacial score (nSPS) is 17.2. The van der Waals surface area contributed by atoms with Gasteiger partial charge in [0, 0.05) is 29.9 Å². The highest BCUT2D eigenvalue weighted by Crippen LogP contribution is 2.38. The molecule has 3 aromatic rings. The lowest BCUT2D eigenvalue weighted by atomic mass is 9.78. The number of fused-ring (bicyclic) bond motifs is 1. The van der Waals surface area contributed by atoms with Crippen molar-refractivity contribution in [2.45, 2.75) is 45.6 Å². The van der Waals surface area contributed by atoms with Crippen LogP contribution in [0.25, 0.3) is 11.1 Å². The predicted octanol–water partition coefficient (Wildman–Crippen LogP) is 4.43. The van der Waals surface area contributed by atoms with Crippen molar-refractivity contribution in [1.29, 1.82) is 0 Å². The SMILES string of the molecule is Cc1nc(N)nc2c1/C(=N/OC(C)C)C[C@H](c1ccc(F)cc1-c1cccnc1)C2. The predicted molar refractivity (Wildman–Crippen MR) is 115 cm³/mol. The molecule has 0 bridgehead atoms. The fourth-order valence-corrected chi connectivity index (χ4v) is 3.95. The number of hydrogen-bond donors (Lipinski definition) is 1. The van der Waals surface area contributed by atoms with Crippen LogP contribution < -0.4 is 5.73 Å². The number of benzene rings is 1. The molecule has 1 aliphatic carbocycles. The Balaban J connectivity index is 1.82. The quantitative estimate of drug-likeness (QED) is 0.649. The van der Waals surface area contributed by atoms with Gasteiger partial charge in [0.15, 0.2) is 0 Å². The molecular formula is C23H24FN5O. The fourth-order valence-electron chi connectivity index (χ4n) is 3.95. The van der Waals surface area contributed by atoms with Gasteiger partial charge in [0.05, 0.1) is 17.1 Å². The molecule has 1 aliphatic rings. The highest BCUT2D eigenvalue weighted by Gasteiger charge is 2.30. The maximum absolute atomic E-state index is 14.1. The first kappa shape index (κ1) is 19.9. The lowest BCUT2D eigenvalue weighted by Crippen LogP contribution is -2.24. The molecule has 0 fully saturated rings. The average Bonchev–Trinajstić information content (AvgIpc) is 2.72. The van der Waals surface area contributed by atoms with Gasteiger partial charge in [-0.3, -0.25) is 4.98 Å². The van der Waals surface area contributed by atoms with Gasteiger partial charge in [-0.15, -0.1) is 0 Å². The molecule has 0 amide bonds. The van der Waals surface area contributed by atoms with Crippen LogP contribution in [0.4, 0.5) is 10.3 Å². The van der Waals surface area contributed by atoms with Crippen LogP contribution in [0.5, 0.6) is 0 Å². The van der Waals surface area contributed by atoms with E-state index in [9.17, 15) is 4.39 Å². The lowest BCUT2D eigenvalue weighted by molar-refractivity contribution is 0.0853. The fraction of sp³-hybridized carbons (Fsp3) is 0.304. The van der Waals surface area contributed by atoms with E-state index in [0.29, 0.717) is 12.8 Å². The average molecular weight is 405 g/mol. The van der Waals surface area contributed by atoms with Crippen LogP contribution in [-0.4, -0.2) is 26.8 Å². The van der Waals surface area contributed by atoms with Gasteiger partial charge < -0.3 is 10.6 Å². The highest BCUT2D eigenvalue weighted by molar-refractivity contribution is 6.03. The largest absolute Gasteiger partial charge is 0.393 e. The third-order valence-electron chi connectivity index (χ3n) is 5.15. The Morgan fingerprint density at radius 1 is 1.20 bits per heavy atom. The summed E-state index contributed by atoms with van der Waals surface area (Å²) in [5.74, 6) is -0.00704. The van der Waals surface area contributed by atoms with Crippen LogP contribution in [0.3, 0.4) is 0 Å². The molecule has 2 aromatic heterocycles. The van der Waals surface area contributed by atoms with Gasteiger partial charge in [-0.2, -0.15) is 0 Å². The molecule has 7 heteroatoms. The minimum absolute atomic E-state index is 0.0384. The van der Waals surface area contributed by atoms with Crippen LogP contribution in [0.1, 0.15) is 48.7 Å². The van der Waals surface area contributed by atoms with E-state index in [2.05, 4.69) is 20.1 Å². The van der Waals surface area contributed by atoms with E-state index in [0.717, 1.165) is 39.4 Å². The van der Waals surface area contributed by atoms with Crippen molar-refractivity contribution in [2.24, 2.45) is 5.16 Å². The van der Waals surface area contributed by atoms with E-state index in [-0.39, 0.29) is 23.8 Å². The van der Waals surface area contributed by atoms with Gasteiger partial charge in [-0.1, -0.05) is 17.3 Å². The second kappa shape index (κ2) is 8.18. The van der Waals surface area contributed by atoms with Crippen LogP contribution in [0.2, 0.25) is 0 Å². The summed E-state index contributed by atoms with van der Waals surface area (Å²) in [5, 5.41) is 4.42. The Morgan fingerprint density at radius 2 is 2.03 bits per heavy atom. The van der Waals surface area contributed by atoms with Crippen molar-refractivity contribution in [1.82, 2.24) is 15.0 Å². The molecular weight excluding hydrogens is 381 g/mol. The second-order valence-electron chi connectivity index (χ2n) is 7.76. The second-order valence-corrected chi connectivity index (χ2v) is 7.76. The number of oxime groups is 1. The minimum Gasteiger partial charge on any atom is -0.393 e. The number of aromatic nitrogens is 3. The number of nitrogens with zero attached hydrogens (tertiary/aromatic N) is 4. The first-order valence-electron chi connectivity index (χ1n) is 9.98. The first-order valence-corrected chi connectivity index (χ1v) is 9.98. The van der Waals surface area contributed by atoms with E-state index >= 15 is 0 Å². The Bertz CT molecular complexity index is 1100. The van der Waals surface area contributed by atoms with Gasteiger partial charge in [0.1, 0.15) is 11.9 Å². The van der Waals surface area contributed by atoms with Gasteiger partial charge >= 0.3 is 0 Å². The summed E-state index contributed by atoms with van der Waals surface area (Å²) in [6, 6.07) is 8.67. The van der Waals surface area contributed by atoms with E-state index in [1.165, 1.54) is 6.07 Å². The molecule has 0 radical (unpaired) electrons. The molecule has 0 saturated carbocycles. The molecule has 4 rings (SSSR count). The third kappa shape index (κ3) is 4.01. The number of anilines is 1. The Morgan fingerprint density at radius 3 is 2.77 bits per heavy atom. The summed E-state index contributed by atoms with van der Waals surface area (Å²) in [6.45, 7) is 5.76. The standard InChI is InChI=1S/C23H24FN5O/c1-13(2)30-29-21-10-16(9-20-22(21)14(3)27-23(25)28-20)18-7-6-17(24)11-19(18)15-5-4-8-26-12-15/h4-8,11-13,16H,9-10H2,1-3H3,(H2,25,27,28)/b29-21+/t16-/m1/s1. The number of nitrogens with two attached hydrogens (primary N) is 1. The van der Waals surface area contributed by atoms with Crippen molar-refractivity contribution >= 4 is 11.7 Å². The first-order chi connectivity index (χ1) is 14.4. The van der Waals surface area contributed by atoms with E-state index in [4.69, 9.17) is 10.6 Å². The Labute approximate surface area is 175 Å². The number of halogens is 1. The molecule has 2 N–H and O–H groups in total. The maximum Gasteiger partial charge on any atom is 0.220 e. The summed E-state index contributed by atoms with van der Waals surface area (Å²) in [4.78, 5) is 18.6. The van der Waals surface area contributed by atoms with Crippen molar-refractivity contribution in [3.63, 3.8) is 0 Å². The lowest BCUT2D eigenvalue weighted by Gasteiger charge is -2.28. The van der Waals surface area contributed by atoms with E-state index in [1.54, 1.807) is 18.5 Å². The monoisotopic (exact) mass is 405 g/mol. The van der Waals surface area contributed by atoms with Gasteiger partial charge in [-0.05, 0) is 62.4 Å². The maximum atomic E-state index is 14.1. The Kier molecular flexibility index (Phi) is 5.44. The number of rotatable bonds is 4. The number of pyridine rings is 1. The van der Waals surface area contributed by atoms with Gasteiger partial charge in [0.25, 0.3) is 0 Å². The molecule has 0 unspecified atom stereocenters. The molecule has 0 saturated heterocycles. The number of hydrogen-bond acceptors (Lipinski definition) is 6. The molecule has 30 heavy (non-hydrogen) atoms. The van der Waals surface area contributed by atoms with Crippen molar-refractivity contribution in [2.75, 3.05) is 5.73 Å².